The van der Waals surface area contributed by atoms with Crippen LogP contribution in [0, 0.1) is 0 Å². The second-order valence-corrected chi connectivity index (χ2v) is 5.78. The standard InChI is InChI=1S/C7H12N2.C6H6O2.C5H7N3/c1-7(9)4-2-6(8)3-5-7;7-5-2-1-3-6(8)4-5;6-4-1-2-5(7)8-3-4/h2-4H,5,8-9H2,1H3;1-4,7-8H;1-3H,6H2,(H2,7,8). The van der Waals surface area contributed by atoms with Crippen LogP contribution in [0.1, 0.15) is 13.3 Å². The number of pyridine rings is 1. The van der Waals surface area contributed by atoms with E-state index in [1.54, 1.807) is 18.2 Å². The van der Waals surface area contributed by atoms with E-state index in [0.717, 1.165) is 12.1 Å². The topological polar surface area (TPSA) is 157 Å². The molecule has 2 aromatic rings. The van der Waals surface area contributed by atoms with Gasteiger partial charge in [-0.2, -0.15) is 0 Å². The van der Waals surface area contributed by atoms with Gasteiger partial charge < -0.3 is 33.1 Å². The summed E-state index contributed by atoms with van der Waals surface area (Å²) in [6, 6.07) is 9.22. The summed E-state index contributed by atoms with van der Waals surface area (Å²) >= 11 is 0. The van der Waals surface area contributed by atoms with Crippen molar-refractivity contribution >= 4 is 11.5 Å². The van der Waals surface area contributed by atoms with E-state index in [2.05, 4.69) is 4.98 Å². The summed E-state index contributed by atoms with van der Waals surface area (Å²) in [5.41, 5.74) is 23.1. The third-order valence-electron chi connectivity index (χ3n) is 3.07. The minimum atomic E-state index is -0.178. The zero-order valence-corrected chi connectivity index (χ0v) is 14.1. The summed E-state index contributed by atoms with van der Waals surface area (Å²) in [5.74, 6) is 0.675. The highest BCUT2D eigenvalue weighted by Gasteiger charge is 2.14. The third-order valence-corrected chi connectivity index (χ3v) is 3.07. The molecular weight excluding hydrogens is 318 g/mol. The lowest BCUT2D eigenvalue weighted by Gasteiger charge is -2.21. The van der Waals surface area contributed by atoms with Gasteiger partial charge in [0.05, 0.1) is 11.9 Å². The van der Waals surface area contributed by atoms with Crippen LogP contribution in [0.5, 0.6) is 11.5 Å². The minimum absolute atomic E-state index is 0.0880. The number of anilines is 2. The predicted molar refractivity (Wildman–Crippen MR) is 101 cm³/mol. The van der Waals surface area contributed by atoms with Gasteiger partial charge in [0.15, 0.2) is 0 Å². The van der Waals surface area contributed by atoms with Crippen molar-refractivity contribution in [3.8, 4) is 11.5 Å². The van der Waals surface area contributed by atoms with Gasteiger partial charge in [-0.1, -0.05) is 18.2 Å². The maximum Gasteiger partial charge on any atom is 0.123 e. The number of aromatic hydroxyl groups is 2. The molecule has 0 aliphatic heterocycles. The van der Waals surface area contributed by atoms with Crippen molar-refractivity contribution in [3.63, 3.8) is 0 Å². The summed E-state index contributed by atoms with van der Waals surface area (Å²) in [5, 5.41) is 17.3. The Kier molecular flexibility index (Phi) is 7.30. The van der Waals surface area contributed by atoms with E-state index in [0.29, 0.717) is 11.5 Å². The minimum Gasteiger partial charge on any atom is -0.508 e. The van der Waals surface area contributed by atoms with E-state index in [9.17, 15) is 0 Å². The molecule has 0 saturated heterocycles. The second-order valence-electron chi connectivity index (χ2n) is 5.78. The van der Waals surface area contributed by atoms with E-state index >= 15 is 0 Å². The van der Waals surface area contributed by atoms with Crippen molar-refractivity contribution in [3.05, 3.63) is 66.5 Å². The number of nitrogen functional groups attached to an aromatic ring is 2. The molecule has 3 rings (SSSR count). The first-order chi connectivity index (χ1) is 11.7. The zero-order chi connectivity index (χ0) is 18.9. The van der Waals surface area contributed by atoms with Gasteiger partial charge in [-0.3, -0.25) is 0 Å². The molecule has 1 aromatic carbocycles. The first kappa shape index (κ1) is 19.9. The van der Waals surface area contributed by atoms with E-state index < -0.39 is 0 Å². The van der Waals surface area contributed by atoms with Gasteiger partial charge in [-0.25, -0.2) is 4.98 Å². The summed E-state index contributed by atoms with van der Waals surface area (Å²) < 4.78 is 0. The van der Waals surface area contributed by atoms with Crippen molar-refractivity contribution in [2.24, 2.45) is 11.5 Å². The van der Waals surface area contributed by atoms with Crippen LogP contribution in [0.3, 0.4) is 0 Å². The lowest BCUT2D eigenvalue weighted by molar-refractivity contribution is 0.450. The second kappa shape index (κ2) is 9.19. The van der Waals surface area contributed by atoms with Crippen LogP contribution in [-0.2, 0) is 0 Å². The van der Waals surface area contributed by atoms with Crippen LogP contribution < -0.4 is 22.9 Å². The Morgan fingerprint density at radius 2 is 1.68 bits per heavy atom. The predicted octanol–water partition coefficient (Wildman–Crippen LogP) is 1.85. The monoisotopic (exact) mass is 343 g/mol. The van der Waals surface area contributed by atoms with Crippen molar-refractivity contribution in [1.29, 1.82) is 0 Å². The Labute approximate surface area is 147 Å². The van der Waals surface area contributed by atoms with E-state index in [4.69, 9.17) is 33.1 Å². The molecule has 7 nitrogen and oxygen atoms in total. The first-order valence-electron chi connectivity index (χ1n) is 7.57. The Morgan fingerprint density at radius 1 is 1.04 bits per heavy atom. The number of nitrogens with zero attached hydrogens (tertiary/aromatic N) is 1. The number of aromatic nitrogens is 1. The van der Waals surface area contributed by atoms with Gasteiger partial charge >= 0.3 is 0 Å². The number of benzene rings is 1. The molecule has 1 heterocycles. The Balaban J connectivity index is 0.000000188. The Hall–Kier alpha value is -3.19. The number of nitrogens with two attached hydrogens (primary N) is 4. The summed E-state index contributed by atoms with van der Waals surface area (Å²) in [4.78, 5) is 3.73. The Bertz CT molecular complexity index is 686. The van der Waals surface area contributed by atoms with Gasteiger partial charge in [-0.05, 0) is 43.7 Å². The molecule has 1 aliphatic rings. The summed E-state index contributed by atoms with van der Waals surface area (Å²) in [6.45, 7) is 1.98. The molecule has 10 N–H and O–H groups in total. The fraction of sp³-hybridized carbons (Fsp3) is 0.167. The molecular formula is C18H25N5O2. The van der Waals surface area contributed by atoms with Crippen LogP contribution in [0.2, 0.25) is 0 Å². The van der Waals surface area contributed by atoms with Crippen molar-refractivity contribution in [2.45, 2.75) is 18.9 Å². The molecule has 0 radical (unpaired) electrons. The van der Waals surface area contributed by atoms with Gasteiger partial charge in [0.25, 0.3) is 0 Å². The molecule has 134 valence electrons. The van der Waals surface area contributed by atoms with Crippen molar-refractivity contribution in [2.75, 3.05) is 11.5 Å². The normalized spacial score (nSPS) is 18.1. The number of hydrogen-bond acceptors (Lipinski definition) is 7. The highest BCUT2D eigenvalue weighted by molar-refractivity contribution is 5.40. The number of hydrogen-bond donors (Lipinski definition) is 6. The van der Waals surface area contributed by atoms with E-state index in [1.807, 2.05) is 25.2 Å². The molecule has 25 heavy (non-hydrogen) atoms. The fourth-order valence-corrected chi connectivity index (χ4v) is 1.67. The molecule has 1 aromatic heterocycles. The Morgan fingerprint density at radius 3 is 2.00 bits per heavy atom. The molecule has 0 saturated carbocycles. The third kappa shape index (κ3) is 8.87. The molecule has 0 spiro atoms. The average molecular weight is 343 g/mol. The zero-order valence-electron chi connectivity index (χ0n) is 14.1. The number of phenols is 2. The fourth-order valence-electron chi connectivity index (χ4n) is 1.67. The van der Waals surface area contributed by atoms with E-state index in [-0.39, 0.29) is 17.0 Å². The van der Waals surface area contributed by atoms with Gasteiger partial charge in [0.2, 0.25) is 0 Å². The number of allylic oxidation sites excluding steroid dienone is 1. The highest BCUT2D eigenvalue weighted by atomic mass is 16.3. The largest absolute Gasteiger partial charge is 0.508 e. The van der Waals surface area contributed by atoms with E-state index in [1.165, 1.54) is 24.4 Å². The lowest BCUT2D eigenvalue weighted by Crippen LogP contribution is -2.34. The number of phenolic OH excluding ortho intramolecular Hbond substituents is 2. The van der Waals surface area contributed by atoms with Crippen molar-refractivity contribution in [1.82, 2.24) is 4.98 Å². The SMILES string of the molecule is CC1(N)C=CC(N)=CC1.Nc1ccc(N)nc1.Oc1cccc(O)c1. The van der Waals surface area contributed by atoms with Crippen LogP contribution in [0.4, 0.5) is 11.5 Å². The first-order valence-corrected chi connectivity index (χ1v) is 7.57. The van der Waals surface area contributed by atoms with Crippen LogP contribution in [-0.4, -0.2) is 20.7 Å². The molecule has 1 unspecified atom stereocenters. The van der Waals surface area contributed by atoms with Crippen LogP contribution in [0.15, 0.2) is 66.5 Å². The average Bonchev–Trinajstić information content (AvgIpc) is 2.54. The van der Waals surface area contributed by atoms with Gasteiger partial charge in [0, 0.05) is 17.3 Å². The molecule has 1 aliphatic carbocycles. The quantitative estimate of drug-likeness (QED) is 0.426. The molecule has 0 bridgehead atoms. The highest BCUT2D eigenvalue weighted by Crippen LogP contribution is 2.15. The smallest absolute Gasteiger partial charge is 0.123 e. The van der Waals surface area contributed by atoms with Crippen molar-refractivity contribution < 1.29 is 10.2 Å². The van der Waals surface area contributed by atoms with Gasteiger partial charge in [-0.15, -0.1) is 0 Å². The lowest BCUT2D eigenvalue weighted by atomic mass is 9.94. The van der Waals surface area contributed by atoms with Crippen LogP contribution in [0.25, 0.3) is 0 Å². The summed E-state index contributed by atoms with van der Waals surface area (Å²) in [7, 11) is 0. The molecule has 1 atom stereocenters. The molecule has 0 fully saturated rings. The molecule has 7 heteroatoms. The van der Waals surface area contributed by atoms with Gasteiger partial charge in [0.1, 0.15) is 17.3 Å². The molecule has 0 amide bonds. The van der Waals surface area contributed by atoms with Crippen LogP contribution >= 0.6 is 0 Å². The maximum atomic E-state index is 8.65. The maximum absolute atomic E-state index is 8.65. The summed E-state index contributed by atoms with van der Waals surface area (Å²) in [6.07, 6.45) is 8.09. The number of rotatable bonds is 0.